The van der Waals surface area contributed by atoms with E-state index < -0.39 is 17.8 Å². The van der Waals surface area contributed by atoms with Crippen LogP contribution in [0.4, 0.5) is 0 Å². The second-order valence-corrected chi connectivity index (χ2v) is 6.80. The van der Waals surface area contributed by atoms with Crippen LogP contribution < -0.4 is 11.1 Å². The van der Waals surface area contributed by atoms with Gasteiger partial charge in [-0.05, 0) is 37.8 Å². The molecule has 0 radical (unpaired) electrons. The lowest BCUT2D eigenvalue weighted by molar-refractivity contribution is -0.155. The van der Waals surface area contributed by atoms with E-state index in [2.05, 4.69) is 5.32 Å². The molecule has 1 aromatic heterocycles. The molecular formula is C19H24N2O5. The third-order valence-electron chi connectivity index (χ3n) is 4.83. The summed E-state index contributed by atoms with van der Waals surface area (Å²) >= 11 is 0. The fourth-order valence-corrected chi connectivity index (χ4v) is 3.36. The minimum Gasteiger partial charge on any atom is -0.451 e. The molecule has 140 valence electrons. The van der Waals surface area contributed by atoms with E-state index in [1.807, 2.05) is 0 Å². The number of carbonyl (C=O) groups excluding carboxylic acids is 2. The second-order valence-electron chi connectivity index (χ2n) is 6.80. The first-order valence-electron chi connectivity index (χ1n) is 9.10. The molecule has 1 fully saturated rings. The first-order valence-corrected chi connectivity index (χ1v) is 9.10. The lowest BCUT2D eigenvalue weighted by Gasteiger charge is -2.22. The Labute approximate surface area is 151 Å². The molecule has 0 aliphatic heterocycles. The number of ether oxygens (including phenoxy) is 1. The monoisotopic (exact) mass is 360 g/mol. The van der Waals surface area contributed by atoms with E-state index in [9.17, 15) is 14.4 Å². The number of oxazole rings is 1. The summed E-state index contributed by atoms with van der Waals surface area (Å²) in [4.78, 5) is 36.1. The number of rotatable bonds is 6. The summed E-state index contributed by atoms with van der Waals surface area (Å²) in [5.41, 5.74) is 0.924. The van der Waals surface area contributed by atoms with E-state index in [1.165, 1.54) is 30.8 Å². The van der Waals surface area contributed by atoms with Crippen LogP contribution in [0.2, 0.25) is 0 Å². The Kier molecular flexibility index (Phi) is 5.75. The Bertz CT molecular complexity index is 832. The molecule has 3 rings (SSSR count). The average Bonchev–Trinajstić information content (AvgIpc) is 2.96. The zero-order valence-electron chi connectivity index (χ0n) is 14.9. The van der Waals surface area contributed by atoms with E-state index in [0.29, 0.717) is 23.6 Å². The molecule has 1 aliphatic rings. The molecule has 2 aromatic rings. The summed E-state index contributed by atoms with van der Waals surface area (Å²) in [5, 5.41) is 2.85. The molecule has 1 saturated carbocycles. The molecule has 7 nitrogen and oxygen atoms in total. The zero-order chi connectivity index (χ0) is 18.5. The molecule has 1 atom stereocenters. The number of nitrogens with zero attached hydrogens (tertiary/aromatic N) is 1. The van der Waals surface area contributed by atoms with Crippen molar-refractivity contribution >= 4 is 23.0 Å². The number of para-hydroxylation sites is 2. The molecule has 0 spiro atoms. The lowest BCUT2D eigenvalue weighted by Crippen LogP contribution is -2.39. The second kappa shape index (κ2) is 8.21. The van der Waals surface area contributed by atoms with Crippen LogP contribution in [0, 0.1) is 5.92 Å². The highest BCUT2D eigenvalue weighted by atomic mass is 16.5. The minimum absolute atomic E-state index is 0.296. The van der Waals surface area contributed by atoms with Crippen molar-refractivity contribution in [2.45, 2.75) is 51.7 Å². The van der Waals surface area contributed by atoms with Crippen molar-refractivity contribution in [2.24, 2.45) is 5.92 Å². The number of carbonyl (C=O) groups is 2. The predicted molar refractivity (Wildman–Crippen MR) is 95.6 cm³/mol. The van der Waals surface area contributed by atoms with Gasteiger partial charge in [-0.15, -0.1) is 0 Å². The Morgan fingerprint density at radius 2 is 2.00 bits per heavy atom. The van der Waals surface area contributed by atoms with Crippen LogP contribution in [0.5, 0.6) is 0 Å². The molecule has 1 heterocycles. The summed E-state index contributed by atoms with van der Waals surface area (Å²) < 4.78 is 11.5. The predicted octanol–water partition coefficient (Wildman–Crippen LogP) is 2.22. The standard InChI is InChI=1S/C19H24N2O5/c1-13(18(23)20-11-14-7-3-2-4-8-14)25-17(22)12-21-15-9-5-6-10-16(15)26-19(21)24/h5-6,9-10,13-14H,2-4,7-8,11-12H2,1H3,(H,20,23)/t13-/m1/s1. The van der Waals surface area contributed by atoms with Crippen LogP contribution in [-0.4, -0.2) is 29.1 Å². The fourth-order valence-electron chi connectivity index (χ4n) is 3.36. The molecular weight excluding hydrogens is 336 g/mol. The Hall–Kier alpha value is -2.57. The normalized spacial score (nSPS) is 16.3. The number of benzene rings is 1. The Morgan fingerprint density at radius 3 is 2.77 bits per heavy atom. The van der Waals surface area contributed by atoms with E-state index in [0.717, 1.165) is 12.8 Å². The molecule has 7 heteroatoms. The summed E-state index contributed by atoms with van der Waals surface area (Å²) in [6, 6.07) is 6.83. The largest absolute Gasteiger partial charge is 0.451 e. The maximum Gasteiger partial charge on any atom is 0.420 e. The van der Waals surface area contributed by atoms with Crippen molar-refractivity contribution < 1.29 is 18.7 Å². The summed E-state index contributed by atoms with van der Waals surface area (Å²) in [5.74, 6) is -1.09. The van der Waals surface area contributed by atoms with Crippen LogP contribution in [0.15, 0.2) is 33.5 Å². The van der Waals surface area contributed by atoms with Crippen LogP contribution in [0.1, 0.15) is 39.0 Å². The molecule has 0 saturated heterocycles. The average molecular weight is 360 g/mol. The first-order chi connectivity index (χ1) is 12.5. The smallest absolute Gasteiger partial charge is 0.420 e. The van der Waals surface area contributed by atoms with Crippen molar-refractivity contribution in [1.82, 2.24) is 9.88 Å². The van der Waals surface area contributed by atoms with Crippen molar-refractivity contribution in [3.8, 4) is 0 Å². The van der Waals surface area contributed by atoms with Crippen LogP contribution in [0.25, 0.3) is 11.1 Å². The maximum atomic E-state index is 12.1. The summed E-state index contributed by atoms with van der Waals surface area (Å²) in [6.07, 6.45) is 5.04. The zero-order valence-corrected chi connectivity index (χ0v) is 14.9. The Morgan fingerprint density at radius 1 is 1.27 bits per heavy atom. The highest BCUT2D eigenvalue weighted by Crippen LogP contribution is 2.22. The molecule has 0 unspecified atom stereocenters. The van der Waals surface area contributed by atoms with Gasteiger partial charge < -0.3 is 14.5 Å². The van der Waals surface area contributed by atoms with Crippen LogP contribution in [0.3, 0.4) is 0 Å². The van der Waals surface area contributed by atoms with Gasteiger partial charge in [0, 0.05) is 6.54 Å². The van der Waals surface area contributed by atoms with Gasteiger partial charge in [0.25, 0.3) is 5.91 Å². The van der Waals surface area contributed by atoms with Crippen molar-refractivity contribution in [2.75, 3.05) is 6.54 Å². The quantitative estimate of drug-likeness (QED) is 0.798. The molecule has 1 aromatic carbocycles. The SMILES string of the molecule is C[C@@H](OC(=O)Cn1c(=O)oc2ccccc21)C(=O)NCC1CCCCC1. The number of amides is 1. The van der Waals surface area contributed by atoms with Gasteiger partial charge in [-0.2, -0.15) is 0 Å². The molecule has 1 amide bonds. The molecule has 1 N–H and O–H groups in total. The third-order valence-corrected chi connectivity index (χ3v) is 4.83. The first kappa shape index (κ1) is 18.2. The van der Waals surface area contributed by atoms with E-state index >= 15 is 0 Å². The van der Waals surface area contributed by atoms with Gasteiger partial charge in [0.05, 0.1) is 5.52 Å². The van der Waals surface area contributed by atoms with E-state index in [4.69, 9.17) is 9.15 Å². The van der Waals surface area contributed by atoms with Gasteiger partial charge in [0.15, 0.2) is 11.7 Å². The summed E-state index contributed by atoms with van der Waals surface area (Å²) in [7, 11) is 0. The van der Waals surface area contributed by atoms with Gasteiger partial charge >= 0.3 is 11.7 Å². The van der Waals surface area contributed by atoms with Crippen molar-refractivity contribution in [3.05, 3.63) is 34.8 Å². The number of aromatic nitrogens is 1. The highest BCUT2D eigenvalue weighted by Gasteiger charge is 2.21. The topological polar surface area (TPSA) is 90.5 Å². The number of hydrogen-bond acceptors (Lipinski definition) is 5. The van der Waals surface area contributed by atoms with Gasteiger partial charge in [0.1, 0.15) is 6.54 Å². The summed E-state index contributed by atoms with van der Waals surface area (Å²) in [6.45, 7) is 1.85. The molecule has 1 aliphatic carbocycles. The third kappa shape index (κ3) is 4.33. The number of fused-ring (bicyclic) bond motifs is 1. The number of hydrogen-bond donors (Lipinski definition) is 1. The highest BCUT2D eigenvalue weighted by molar-refractivity contribution is 5.83. The van der Waals surface area contributed by atoms with Crippen LogP contribution in [-0.2, 0) is 20.9 Å². The minimum atomic E-state index is -0.903. The van der Waals surface area contributed by atoms with Crippen molar-refractivity contribution in [3.63, 3.8) is 0 Å². The molecule has 0 bridgehead atoms. The van der Waals surface area contributed by atoms with E-state index in [1.54, 1.807) is 24.3 Å². The molecule has 26 heavy (non-hydrogen) atoms. The number of nitrogens with one attached hydrogen (secondary N) is 1. The van der Waals surface area contributed by atoms with Crippen molar-refractivity contribution in [1.29, 1.82) is 0 Å². The number of esters is 1. The lowest BCUT2D eigenvalue weighted by atomic mass is 9.89. The van der Waals surface area contributed by atoms with Gasteiger partial charge in [0.2, 0.25) is 0 Å². The van der Waals surface area contributed by atoms with Gasteiger partial charge in [-0.3, -0.25) is 14.2 Å². The fraction of sp³-hybridized carbons (Fsp3) is 0.526. The van der Waals surface area contributed by atoms with Crippen LogP contribution >= 0.6 is 0 Å². The Balaban J connectivity index is 1.52. The van der Waals surface area contributed by atoms with Gasteiger partial charge in [-0.25, -0.2) is 4.79 Å². The van der Waals surface area contributed by atoms with Gasteiger partial charge in [-0.1, -0.05) is 31.4 Å². The van der Waals surface area contributed by atoms with E-state index in [-0.39, 0.29) is 12.5 Å². The maximum absolute atomic E-state index is 12.1.